The highest BCUT2D eigenvalue weighted by atomic mass is 127. The van der Waals surface area contributed by atoms with Crippen LogP contribution >= 0.6 is 22.6 Å². The van der Waals surface area contributed by atoms with E-state index in [0.717, 1.165) is 15.7 Å². The monoisotopic (exact) mass is 357 g/mol. The third-order valence-corrected chi connectivity index (χ3v) is 3.53. The van der Waals surface area contributed by atoms with Crippen molar-refractivity contribution in [1.29, 1.82) is 0 Å². The third kappa shape index (κ3) is 2.50. The van der Waals surface area contributed by atoms with Gasteiger partial charge in [0.2, 0.25) is 5.88 Å². The molecule has 0 aromatic carbocycles. The van der Waals surface area contributed by atoms with Crippen LogP contribution in [0.25, 0.3) is 11.5 Å². The largest absolute Gasteiger partial charge is 0.480 e. The van der Waals surface area contributed by atoms with E-state index in [-0.39, 0.29) is 0 Å². The highest BCUT2D eigenvalue weighted by Gasteiger charge is 2.11. The number of ether oxygens (including phenoxy) is 1. The van der Waals surface area contributed by atoms with Crippen LogP contribution in [0.15, 0.2) is 12.1 Å². The predicted octanol–water partition coefficient (Wildman–Crippen LogP) is 1.69. The first-order valence-electron chi connectivity index (χ1n) is 5.35. The van der Waals surface area contributed by atoms with E-state index in [0.29, 0.717) is 23.2 Å². The number of aromatic nitrogens is 4. The van der Waals surface area contributed by atoms with E-state index in [1.807, 2.05) is 6.92 Å². The molecule has 94 valence electrons. The molecule has 2 heterocycles. The molecule has 18 heavy (non-hydrogen) atoms. The summed E-state index contributed by atoms with van der Waals surface area (Å²) < 4.78 is 5.84. The van der Waals surface area contributed by atoms with Gasteiger partial charge >= 0.3 is 0 Å². The van der Waals surface area contributed by atoms with Crippen LogP contribution in [0.3, 0.4) is 0 Å². The standard InChI is InChI=1S/C11H12IN5O/c1-3-6-9(12)10(13)15-11(14-6)7-4-5-8(18-2)17-16-7/h4-5H,3H2,1-2H3,(H2,13,14,15). The lowest BCUT2D eigenvalue weighted by Crippen LogP contribution is -2.05. The van der Waals surface area contributed by atoms with Crippen LogP contribution in [-0.4, -0.2) is 27.3 Å². The number of rotatable bonds is 3. The number of hydrogen-bond donors (Lipinski definition) is 1. The zero-order valence-corrected chi connectivity index (χ0v) is 12.2. The van der Waals surface area contributed by atoms with Gasteiger partial charge in [-0.15, -0.1) is 10.2 Å². The van der Waals surface area contributed by atoms with Gasteiger partial charge in [0.25, 0.3) is 0 Å². The van der Waals surface area contributed by atoms with E-state index in [1.54, 1.807) is 12.1 Å². The minimum atomic E-state index is 0.452. The van der Waals surface area contributed by atoms with Crippen molar-refractivity contribution in [2.75, 3.05) is 12.8 Å². The van der Waals surface area contributed by atoms with Gasteiger partial charge in [-0.2, -0.15) is 0 Å². The molecule has 2 rings (SSSR count). The molecule has 0 saturated carbocycles. The highest BCUT2D eigenvalue weighted by Crippen LogP contribution is 2.21. The summed E-state index contributed by atoms with van der Waals surface area (Å²) in [6.07, 6.45) is 0.793. The first kappa shape index (κ1) is 12.9. The summed E-state index contributed by atoms with van der Waals surface area (Å²) >= 11 is 2.15. The van der Waals surface area contributed by atoms with Crippen molar-refractivity contribution in [3.8, 4) is 17.4 Å². The Labute approximate surface area is 118 Å². The van der Waals surface area contributed by atoms with Crippen molar-refractivity contribution in [3.63, 3.8) is 0 Å². The van der Waals surface area contributed by atoms with Crippen LogP contribution in [0.4, 0.5) is 5.82 Å². The van der Waals surface area contributed by atoms with Crippen LogP contribution < -0.4 is 10.5 Å². The molecule has 7 heteroatoms. The molecule has 0 saturated heterocycles. The van der Waals surface area contributed by atoms with Crippen molar-refractivity contribution < 1.29 is 4.74 Å². The molecule has 0 aliphatic carbocycles. The molecule has 0 atom stereocenters. The van der Waals surface area contributed by atoms with Crippen LogP contribution in [0.1, 0.15) is 12.6 Å². The number of methoxy groups -OCH3 is 1. The van der Waals surface area contributed by atoms with Gasteiger partial charge in [0.05, 0.1) is 16.4 Å². The quantitative estimate of drug-likeness (QED) is 0.842. The number of nitrogen functional groups attached to an aromatic ring is 1. The molecule has 0 amide bonds. The van der Waals surface area contributed by atoms with E-state index in [2.05, 4.69) is 42.8 Å². The Morgan fingerprint density at radius 2 is 2.06 bits per heavy atom. The molecular weight excluding hydrogens is 345 g/mol. The summed E-state index contributed by atoms with van der Waals surface area (Å²) in [6, 6.07) is 3.47. The zero-order chi connectivity index (χ0) is 13.1. The molecule has 0 aliphatic heterocycles. The van der Waals surface area contributed by atoms with Gasteiger partial charge in [-0.3, -0.25) is 0 Å². The van der Waals surface area contributed by atoms with Crippen molar-refractivity contribution in [1.82, 2.24) is 20.2 Å². The van der Waals surface area contributed by atoms with Crippen molar-refractivity contribution in [2.24, 2.45) is 0 Å². The molecule has 0 fully saturated rings. The highest BCUT2D eigenvalue weighted by molar-refractivity contribution is 14.1. The second kappa shape index (κ2) is 5.42. The van der Waals surface area contributed by atoms with E-state index < -0.39 is 0 Å². The lowest BCUT2D eigenvalue weighted by Gasteiger charge is -2.06. The van der Waals surface area contributed by atoms with Crippen molar-refractivity contribution in [2.45, 2.75) is 13.3 Å². The van der Waals surface area contributed by atoms with Gasteiger partial charge in [-0.25, -0.2) is 9.97 Å². The summed E-state index contributed by atoms with van der Waals surface area (Å²) in [5, 5.41) is 7.89. The fourth-order valence-corrected chi connectivity index (χ4v) is 2.03. The smallest absolute Gasteiger partial charge is 0.233 e. The average molecular weight is 357 g/mol. The summed E-state index contributed by atoms with van der Waals surface area (Å²) in [5.41, 5.74) is 7.35. The zero-order valence-electron chi connectivity index (χ0n) is 10.0. The molecule has 6 nitrogen and oxygen atoms in total. The first-order valence-corrected chi connectivity index (χ1v) is 6.43. The Bertz CT molecular complexity index is 558. The Balaban J connectivity index is 2.46. The summed E-state index contributed by atoms with van der Waals surface area (Å²) in [5.74, 6) is 1.41. The van der Waals surface area contributed by atoms with Gasteiger partial charge in [0, 0.05) is 6.07 Å². The first-order chi connectivity index (χ1) is 8.65. The number of nitrogens with zero attached hydrogens (tertiary/aromatic N) is 4. The number of halogens is 1. The van der Waals surface area contributed by atoms with E-state index in [1.165, 1.54) is 7.11 Å². The second-order valence-electron chi connectivity index (χ2n) is 3.51. The maximum absolute atomic E-state index is 5.86. The van der Waals surface area contributed by atoms with Crippen molar-refractivity contribution >= 4 is 28.4 Å². The summed E-state index contributed by atoms with van der Waals surface area (Å²) in [6.45, 7) is 2.02. The van der Waals surface area contributed by atoms with Crippen LogP contribution in [0.5, 0.6) is 5.88 Å². The Morgan fingerprint density at radius 3 is 2.61 bits per heavy atom. The predicted molar refractivity (Wildman–Crippen MR) is 76.1 cm³/mol. The van der Waals surface area contributed by atoms with Crippen LogP contribution in [0, 0.1) is 3.57 Å². The molecule has 0 unspecified atom stereocenters. The lowest BCUT2D eigenvalue weighted by atomic mass is 10.3. The average Bonchev–Trinajstić information content (AvgIpc) is 2.42. The molecule has 2 N–H and O–H groups in total. The van der Waals surface area contributed by atoms with Gasteiger partial charge in [0.15, 0.2) is 5.82 Å². The van der Waals surface area contributed by atoms with E-state index >= 15 is 0 Å². The van der Waals surface area contributed by atoms with Gasteiger partial charge in [0.1, 0.15) is 11.5 Å². The number of aryl methyl sites for hydroxylation is 1. The van der Waals surface area contributed by atoms with Crippen LogP contribution in [-0.2, 0) is 6.42 Å². The van der Waals surface area contributed by atoms with Gasteiger partial charge < -0.3 is 10.5 Å². The Kier molecular flexibility index (Phi) is 3.90. The molecule has 0 aliphatic rings. The second-order valence-corrected chi connectivity index (χ2v) is 4.59. The van der Waals surface area contributed by atoms with Crippen molar-refractivity contribution in [3.05, 3.63) is 21.4 Å². The Hall–Kier alpha value is -1.51. The molecule has 2 aromatic rings. The number of anilines is 1. The van der Waals surface area contributed by atoms with Gasteiger partial charge in [-0.1, -0.05) is 6.92 Å². The third-order valence-electron chi connectivity index (χ3n) is 2.36. The molecule has 0 spiro atoms. The SMILES string of the molecule is CCc1nc(-c2ccc(OC)nn2)nc(N)c1I. The summed E-state index contributed by atoms with van der Waals surface area (Å²) in [4.78, 5) is 8.66. The molecule has 2 aromatic heterocycles. The minimum absolute atomic E-state index is 0.452. The minimum Gasteiger partial charge on any atom is -0.480 e. The summed E-state index contributed by atoms with van der Waals surface area (Å²) in [7, 11) is 1.54. The Morgan fingerprint density at radius 1 is 1.28 bits per heavy atom. The number of hydrogen-bond acceptors (Lipinski definition) is 6. The van der Waals surface area contributed by atoms with E-state index in [4.69, 9.17) is 10.5 Å². The lowest BCUT2D eigenvalue weighted by molar-refractivity contribution is 0.392. The maximum atomic E-state index is 5.86. The van der Waals surface area contributed by atoms with Crippen LogP contribution in [0.2, 0.25) is 0 Å². The topological polar surface area (TPSA) is 86.8 Å². The fraction of sp³-hybridized carbons (Fsp3) is 0.273. The molecule has 0 radical (unpaired) electrons. The number of nitrogens with two attached hydrogens (primary N) is 1. The molecular formula is C11H12IN5O. The maximum Gasteiger partial charge on any atom is 0.233 e. The molecule has 0 bridgehead atoms. The van der Waals surface area contributed by atoms with Gasteiger partial charge in [-0.05, 0) is 35.1 Å². The normalized spacial score (nSPS) is 10.4. The fourth-order valence-electron chi connectivity index (χ4n) is 1.41. The van der Waals surface area contributed by atoms with E-state index in [9.17, 15) is 0 Å².